The molecule has 1 aliphatic carbocycles. The average Bonchev–Trinajstić information content (AvgIpc) is 2.31. The average molecular weight is 151 g/mol. The van der Waals surface area contributed by atoms with Crippen LogP contribution in [0.3, 0.4) is 0 Å². The van der Waals surface area contributed by atoms with Gasteiger partial charge in [0, 0.05) is 5.92 Å². The first-order valence-electron chi connectivity index (χ1n) is 4.45. The third-order valence-electron chi connectivity index (χ3n) is 2.79. The fourth-order valence-corrected chi connectivity index (χ4v) is 2.15. The molecule has 0 saturated heterocycles. The molecule has 1 fully saturated rings. The maximum absolute atomic E-state index is 8.85. The Kier molecular flexibility index (Phi) is 2.23. The highest BCUT2D eigenvalue weighted by molar-refractivity contribution is 4.96. The second-order valence-corrected chi connectivity index (χ2v) is 4.64. The van der Waals surface area contributed by atoms with Gasteiger partial charge < -0.3 is 0 Å². The Labute approximate surface area is 69.4 Å². The van der Waals surface area contributed by atoms with Crippen LogP contribution in [0.2, 0.25) is 0 Å². The van der Waals surface area contributed by atoms with Gasteiger partial charge in [-0.05, 0) is 24.2 Å². The molecule has 0 aromatic heterocycles. The molecular weight excluding hydrogens is 134 g/mol. The molecule has 1 nitrogen and oxygen atoms in total. The fraction of sp³-hybridized carbons (Fsp3) is 0.900. The zero-order valence-electron chi connectivity index (χ0n) is 7.72. The van der Waals surface area contributed by atoms with Crippen LogP contribution in [0.5, 0.6) is 0 Å². The van der Waals surface area contributed by atoms with Gasteiger partial charge in [-0.3, -0.25) is 0 Å². The molecule has 11 heavy (non-hydrogen) atoms. The standard InChI is InChI=1S/C10H17N/c1-10(2,3)9-6-4-5-8(9)7-11/h8-9H,4-6H2,1-3H3/t8-,9-/m1/s1. The van der Waals surface area contributed by atoms with E-state index in [0.717, 1.165) is 6.42 Å². The van der Waals surface area contributed by atoms with E-state index in [1.807, 2.05) is 0 Å². The Morgan fingerprint density at radius 2 is 1.91 bits per heavy atom. The van der Waals surface area contributed by atoms with Gasteiger partial charge in [-0.25, -0.2) is 0 Å². The summed E-state index contributed by atoms with van der Waals surface area (Å²) in [5.41, 5.74) is 0.330. The summed E-state index contributed by atoms with van der Waals surface area (Å²) in [5, 5.41) is 8.85. The minimum atomic E-state index is 0.329. The van der Waals surface area contributed by atoms with E-state index in [0.29, 0.717) is 17.3 Å². The van der Waals surface area contributed by atoms with Gasteiger partial charge in [0.15, 0.2) is 0 Å². The minimum absolute atomic E-state index is 0.329. The van der Waals surface area contributed by atoms with Crippen LogP contribution in [-0.2, 0) is 0 Å². The molecule has 0 aromatic rings. The van der Waals surface area contributed by atoms with Gasteiger partial charge in [0.25, 0.3) is 0 Å². The summed E-state index contributed by atoms with van der Waals surface area (Å²) in [6.45, 7) is 6.73. The van der Waals surface area contributed by atoms with Crippen molar-refractivity contribution in [1.82, 2.24) is 0 Å². The van der Waals surface area contributed by atoms with Crippen LogP contribution < -0.4 is 0 Å². The number of nitrogens with zero attached hydrogens (tertiary/aromatic N) is 1. The van der Waals surface area contributed by atoms with Gasteiger partial charge in [-0.1, -0.05) is 27.2 Å². The monoisotopic (exact) mass is 151 g/mol. The SMILES string of the molecule is CC(C)(C)[C@@H]1CCC[C@@H]1C#N. The number of rotatable bonds is 0. The van der Waals surface area contributed by atoms with Gasteiger partial charge in [0.2, 0.25) is 0 Å². The van der Waals surface area contributed by atoms with E-state index in [1.54, 1.807) is 0 Å². The van der Waals surface area contributed by atoms with Crippen LogP contribution in [-0.4, -0.2) is 0 Å². The van der Waals surface area contributed by atoms with Crippen molar-refractivity contribution >= 4 is 0 Å². The molecule has 0 unspecified atom stereocenters. The van der Waals surface area contributed by atoms with Crippen LogP contribution in [0.25, 0.3) is 0 Å². The zero-order chi connectivity index (χ0) is 8.48. The summed E-state index contributed by atoms with van der Waals surface area (Å²) in [6, 6.07) is 2.42. The lowest BCUT2D eigenvalue weighted by molar-refractivity contribution is 0.214. The third kappa shape index (κ3) is 1.74. The third-order valence-corrected chi connectivity index (χ3v) is 2.79. The van der Waals surface area contributed by atoms with Gasteiger partial charge in [0.1, 0.15) is 0 Å². The van der Waals surface area contributed by atoms with Crippen molar-refractivity contribution in [3.63, 3.8) is 0 Å². The molecule has 1 saturated carbocycles. The highest BCUT2D eigenvalue weighted by atomic mass is 14.4. The van der Waals surface area contributed by atoms with Gasteiger partial charge in [0.05, 0.1) is 6.07 Å². The predicted molar refractivity (Wildman–Crippen MR) is 45.9 cm³/mol. The zero-order valence-corrected chi connectivity index (χ0v) is 7.72. The normalized spacial score (nSPS) is 31.8. The first kappa shape index (κ1) is 8.59. The number of hydrogen-bond donors (Lipinski definition) is 0. The summed E-state index contributed by atoms with van der Waals surface area (Å²) in [5.74, 6) is 0.961. The lowest BCUT2D eigenvalue weighted by atomic mass is 9.75. The predicted octanol–water partition coefficient (Wildman–Crippen LogP) is 2.97. The van der Waals surface area contributed by atoms with Crippen molar-refractivity contribution in [2.24, 2.45) is 17.3 Å². The van der Waals surface area contributed by atoms with E-state index in [4.69, 9.17) is 5.26 Å². The Morgan fingerprint density at radius 1 is 1.27 bits per heavy atom. The van der Waals surface area contributed by atoms with Crippen LogP contribution in [0, 0.1) is 28.6 Å². The maximum Gasteiger partial charge on any atom is 0.0658 e. The molecule has 0 bridgehead atoms. The van der Waals surface area contributed by atoms with Crippen molar-refractivity contribution in [3.05, 3.63) is 0 Å². The van der Waals surface area contributed by atoms with E-state index in [1.165, 1.54) is 12.8 Å². The van der Waals surface area contributed by atoms with Crippen LogP contribution in [0.4, 0.5) is 0 Å². The molecule has 0 spiro atoms. The van der Waals surface area contributed by atoms with Crippen LogP contribution in [0.15, 0.2) is 0 Å². The minimum Gasteiger partial charge on any atom is -0.198 e. The van der Waals surface area contributed by atoms with Gasteiger partial charge in [-0.2, -0.15) is 5.26 Å². The maximum atomic E-state index is 8.85. The first-order chi connectivity index (χ1) is 5.05. The smallest absolute Gasteiger partial charge is 0.0658 e. The summed E-state index contributed by atoms with van der Waals surface area (Å²) in [4.78, 5) is 0. The molecule has 2 atom stereocenters. The lowest BCUT2D eigenvalue weighted by Crippen LogP contribution is -2.22. The summed E-state index contributed by atoms with van der Waals surface area (Å²) >= 11 is 0. The van der Waals surface area contributed by atoms with E-state index >= 15 is 0 Å². The molecule has 0 radical (unpaired) electrons. The van der Waals surface area contributed by atoms with Gasteiger partial charge in [-0.15, -0.1) is 0 Å². The second-order valence-electron chi connectivity index (χ2n) is 4.64. The van der Waals surface area contributed by atoms with Crippen molar-refractivity contribution in [2.75, 3.05) is 0 Å². The Hall–Kier alpha value is -0.510. The molecule has 1 aliphatic rings. The van der Waals surface area contributed by atoms with Crippen molar-refractivity contribution in [2.45, 2.75) is 40.0 Å². The molecular formula is C10H17N. The molecule has 1 heteroatoms. The van der Waals surface area contributed by atoms with E-state index < -0.39 is 0 Å². The van der Waals surface area contributed by atoms with Crippen molar-refractivity contribution in [3.8, 4) is 6.07 Å². The van der Waals surface area contributed by atoms with E-state index in [2.05, 4.69) is 26.8 Å². The summed E-state index contributed by atoms with van der Waals surface area (Å²) in [6.07, 6.45) is 3.63. The summed E-state index contributed by atoms with van der Waals surface area (Å²) in [7, 11) is 0. The largest absolute Gasteiger partial charge is 0.198 e. The van der Waals surface area contributed by atoms with Crippen LogP contribution >= 0.6 is 0 Å². The molecule has 0 heterocycles. The second kappa shape index (κ2) is 2.85. The van der Waals surface area contributed by atoms with E-state index in [9.17, 15) is 0 Å². The Bertz CT molecular complexity index is 170. The molecule has 0 N–H and O–H groups in total. The van der Waals surface area contributed by atoms with Crippen LogP contribution in [0.1, 0.15) is 40.0 Å². The molecule has 62 valence electrons. The first-order valence-corrected chi connectivity index (χ1v) is 4.45. The molecule has 0 aromatic carbocycles. The van der Waals surface area contributed by atoms with Gasteiger partial charge >= 0.3 is 0 Å². The summed E-state index contributed by atoms with van der Waals surface area (Å²) < 4.78 is 0. The fourth-order valence-electron chi connectivity index (χ4n) is 2.15. The Balaban J connectivity index is 2.66. The number of hydrogen-bond acceptors (Lipinski definition) is 1. The highest BCUT2D eigenvalue weighted by Crippen LogP contribution is 2.42. The molecule has 1 rings (SSSR count). The lowest BCUT2D eigenvalue weighted by Gasteiger charge is -2.28. The quantitative estimate of drug-likeness (QED) is 0.522. The van der Waals surface area contributed by atoms with Crippen molar-refractivity contribution < 1.29 is 0 Å². The topological polar surface area (TPSA) is 23.8 Å². The number of nitriles is 1. The highest BCUT2D eigenvalue weighted by Gasteiger charge is 2.35. The Morgan fingerprint density at radius 3 is 2.27 bits per heavy atom. The molecule has 0 aliphatic heterocycles. The van der Waals surface area contributed by atoms with E-state index in [-0.39, 0.29) is 0 Å². The van der Waals surface area contributed by atoms with Crippen molar-refractivity contribution in [1.29, 1.82) is 5.26 Å². The molecule has 0 amide bonds.